The second-order valence-electron chi connectivity index (χ2n) is 6.03. The van der Waals surface area contributed by atoms with Crippen LogP contribution in [0.2, 0.25) is 0 Å². The number of rotatable bonds is 5. The van der Waals surface area contributed by atoms with E-state index in [0.29, 0.717) is 11.8 Å². The van der Waals surface area contributed by atoms with Crippen LogP contribution in [0.5, 0.6) is 0 Å². The van der Waals surface area contributed by atoms with E-state index in [2.05, 4.69) is 48.1 Å². The summed E-state index contributed by atoms with van der Waals surface area (Å²) >= 11 is 0. The van der Waals surface area contributed by atoms with Gasteiger partial charge in [0.25, 0.3) is 0 Å². The Morgan fingerprint density at radius 2 is 2.08 bits per heavy atom. The maximum Gasteiger partial charge on any atom is 0.226 e. The summed E-state index contributed by atoms with van der Waals surface area (Å²) in [6.45, 7) is 6.29. The molecule has 1 unspecified atom stereocenters. The van der Waals surface area contributed by atoms with Crippen LogP contribution in [-0.4, -0.2) is 9.97 Å². The molecule has 2 aromatic heterocycles. The van der Waals surface area contributed by atoms with E-state index in [1.54, 1.807) is 6.26 Å². The number of benzene rings is 1. The molecule has 3 rings (SSSR count). The highest BCUT2D eigenvalue weighted by molar-refractivity contribution is 5.68. The zero-order chi connectivity index (χ0) is 16.9. The maximum absolute atomic E-state index is 5.70. The summed E-state index contributed by atoms with van der Waals surface area (Å²) in [7, 11) is 0. The van der Waals surface area contributed by atoms with Gasteiger partial charge in [-0.25, -0.2) is 4.98 Å². The van der Waals surface area contributed by atoms with Crippen LogP contribution in [0.1, 0.15) is 37.4 Å². The zero-order valence-corrected chi connectivity index (χ0v) is 14.4. The van der Waals surface area contributed by atoms with E-state index >= 15 is 0 Å². The van der Waals surface area contributed by atoms with Crippen LogP contribution >= 0.6 is 0 Å². The molecule has 0 saturated carbocycles. The molecule has 0 aliphatic rings. The largest absolute Gasteiger partial charge is 0.444 e. The van der Waals surface area contributed by atoms with Crippen LogP contribution in [0.4, 0.5) is 0 Å². The number of aromatic nitrogens is 2. The average molecular weight is 318 g/mol. The third-order valence-corrected chi connectivity index (χ3v) is 4.17. The molecule has 0 fully saturated rings. The van der Waals surface area contributed by atoms with Crippen molar-refractivity contribution in [2.75, 3.05) is 0 Å². The summed E-state index contributed by atoms with van der Waals surface area (Å²) in [5, 5.41) is 0. The van der Waals surface area contributed by atoms with Crippen molar-refractivity contribution in [1.29, 1.82) is 0 Å². The Labute approximate surface area is 143 Å². The molecule has 0 bridgehead atoms. The van der Waals surface area contributed by atoms with Crippen LogP contribution in [-0.2, 0) is 0 Å². The second-order valence-corrected chi connectivity index (χ2v) is 6.03. The number of pyridine rings is 1. The Bertz CT molecular complexity index is 834. The monoisotopic (exact) mass is 318 g/mol. The van der Waals surface area contributed by atoms with Gasteiger partial charge in [0.2, 0.25) is 5.89 Å². The van der Waals surface area contributed by atoms with Gasteiger partial charge in [-0.05, 0) is 50.1 Å². The first-order valence-electron chi connectivity index (χ1n) is 8.28. The molecule has 0 aliphatic carbocycles. The van der Waals surface area contributed by atoms with Crippen molar-refractivity contribution in [2.45, 2.75) is 33.1 Å². The summed E-state index contributed by atoms with van der Waals surface area (Å²) in [4.78, 5) is 9.08. The summed E-state index contributed by atoms with van der Waals surface area (Å²) in [6.07, 6.45) is 8.78. The van der Waals surface area contributed by atoms with Gasteiger partial charge in [0.1, 0.15) is 6.26 Å². The lowest BCUT2D eigenvalue weighted by Crippen LogP contribution is -1.92. The molecule has 3 aromatic rings. The van der Waals surface area contributed by atoms with Crippen molar-refractivity contribution in [1.82, 2.24) is 9.97 Å². The summed E-state index contributed by atoms with van der Waals surface area (Å²) in [5.41, 5.74) is 5.27. The molecule has 24 heavy (non-hydrogen) atoms. The van der Waals surface area contributed by atoms with E-state index < -0.39 is 0 Å². The van der Waals surface area contributed by atoms with Crippen LogP contribution < -0.4 is 0 Å². The van der Waals surface area contributed by atoms with Crippen LogP contribution in [0, 0.1) is 6.92 Å². The number of oxazole rings is 1. The summed E-state index contributed by atoms with van der Waals surface area (Å²) in [6, 6.07) is 12.2. The van der Waals surface area contributed by atoms with Crippen molar-refractivity contribution in [3.63, 3.8) is 0 Å². The molecule has 122 valence electrons. The first-order chi connectivity index (χ1) is 11.7. The van der Waals surface area contributed by atoms with Crippen molar-refractivity contribution in [3.05, 3.63) is 72.3 Å². The maximum atomic E-state index is 5.70. The van der Waals surface area contributed by atoms with E-state index in [-0.39, 0.29) is 0 Å². The molecule has 3 heteroatoms. The first-order valence-corrected chi connectivity index (χ1v) is 8.28. The normalized spacial score (nSPS) is 12.6. The molecular formula is C21H22N2O. The molecule has 0 spiro atoms. The lowest BCUT2D eigenvalue weighted by Gasteiger charge is -2.06. The standard InChI is InChI=1S/C21H22N2O/c1-4-5-8-15(2)20-14-24-21(23-20)17-10-11-18(16(3)13-17)19-9-6-7-12-22-19/h4-7,9-15H,8H2,1-3H3/b5-4-. The number of allylic oxidation sites excluding steroid dienone is 2. The highest BCUT2D eigenvalue weighted by Gasteiger charge is 2.13. The smallest absolute Gasteiger partial charge is 0.226 e. The predicted octanol–water partition coefficient (Wildman–Crippen LogP) is 5.78. The quantitative estimate of drug-likeness (QED) is 0.560. The van der Waals surface area contributed by atoms with Gasteiger partial charge in [0.15, 0.2) is 0 Å². The van der Waals surface area contributed by atoms with E-state index in [0.717, 1.165) is 34.5 Å². The zero-order valence-electron chi connectivity index (χ0n) is 14.4. The number of hydrogen-bond acceptors (Lipinski definition) is 3. The Balaban J connectivity index is 1.86. The van der Waals surface area contributed by atoms with Crippen LogP contribution in [0.3, 0.4) is 0 Å². The van der Waals surface area contributed by atoms with Gasteiger partial charge in [-0.15, -0.1) is 0 Å². The van der Waals surface area contributed by atoms with E-state index in [4.69, 9.17) is 4.42 Å². The number of aryl methyl sites for hydroxylation is 1. The van der Waals surface area contributed by atoms with E-state index in [9.17, 15) is 0 Å². The fourth-order valence-electron chi connectivity index (χ4n) is 2.71. The van der Waals surface area contributed by atoms with Crippen molar-refractivity contribution < 1.29 is 4.42 Å². The Morgan fingerprint density at radius 3 is 2.79 bits per heavy atom. The fourth-order valence-corrected chi connectivity index (χ4v) is 2.71. The third-order valence-electron chi connectivity index (χ3n) is 4.17. The highest BCUT2D eigenvalue weighted by atomic mass is 16.3. The number of hydrogen-bond donors (Lipinski definition) is 0. The van der Waals surface area contributed by atoms with Gasteiger partial charge in [0.05, 0.1) is 11.4 Å². The molecule has 0 N–H and O–H groups in total. The first kappa shape index (κ1) is 16.2. The molecule has 0 saturated heterocycles. The number of nitrogens with zero attached hydrogens (tertiary/aromatic N) is 2. The minimum Gasteiger partial charge on any atom is -0.444 e. The molecule has 1 atom stereocenters. The van der Waals surface area contributed by atoms with Gasteiger partial charge >= 0.3 is 0 Å². The Morgan fingerprint density at radius 1 is 1.21 bits per heavy atom. The second kappa shape index (κ2) is 7.26. The summed E-state index contributed by atoms with van der Waals surface area (Å²) < 4.78 is 5.70. The van der Waals surface area contributed by atoms with E-state index in [1.165, 1.54) is 0 Å². The molecule has 0 radical (unpaired) electrons. The Kier molecular flexibility index (Phi) is 4.90. The van der Waals surface area contributed by atoms with Gasteiger partial charge in [-0.3, -0.25) is 4.98 Å². The van der Waals surface area contributed by atoms with Crippen molar-refractivity contribution in [2.24, 2.45) is 0 Å². The van der Waals surface area contributed by atoms with Crippen molar-refractivity contribution >= 4 is 0 Å². The molecule has 0 aliphatic heterocycles. The molecule has 0 amide bonds. The van der Waals surface area contributed by atoms with Gasteiger partial charge in [-0.2, -0.15) is 0 Å². The SMILES string of the molecule is C/C=C\CC(C)c1coc(-c2ccc(-c3ccccn3)c(C)c2)n1. The molecule has 3 nitrogen and oxygen atoms in total. The van der Waals surface area contributed by atoms with Gasteiger partial charge < -0.3 is 4.42 Å². The molecule has 1 aromatic carbocycles. The topological polar surface area (TPSA) is 38.9 Å². The Hall–Kier alpha value is -2.68. The minimum atomic E-state index is 0.354. The predicted molar refractivity (Wildman–Crippen MR) is 97.8 cm³/mol. The lowest BCUT2D eigenvalue weighted by atomic mass is 10.0. The van der Waals surface area contributed by atoms with Crippen molar-refractivity contribution in [3.8, 4) is 22.7 Å². The lowest BCUT2D eigenvalue weighted by molar-refractivity contribution is 0.570. The molecule has 2 heterocycles. The van der Waals surface area contributed by atoms with Crippen LogP contribution in [0.25, 0.3) is 22.7 Å². The van der Waals surface area contributed by atoms with Gasteiger partial charge in [0, 0.05) is 23.2 Å². The highest BCUT2D eigenvalue weighted by Crippen LogP contribution is 2.28. The fraction of sp³-hybridized carbons (Fsp3) is 0.238. The van der Waals surface area contributed by atoms with E-state index in [1.807, 2.05) is 37.4 Å². The average Bonchev–Trinajstić information content (AvgIpc) is 3.10. The summed E-state index contributed by atoms with van der Waals surface area (Å²) in [5.74, 6) is 1.03. The van der Waals surface area contributed by atoms with Gasteiger partial charge in [-0.1, -0.05) is 31.2 Å². The minimum absolute atomic E-state index is 0.354. The third kappa shape index (κ3) is 3.46. The molecular weight excluding hydrogens is 296 g/mol. The van der Waals surface area contributed by atoms with Crippen LogP contribution in [0.15, 0.2) is 65.4 Å².